The van der Waals surface area contributed by atoms with Gasteiger partial charge in [-0.2, -0.15) is 0 Å². The zero-order valence-electron chi connectivity index (χ0n) is 16.5. The molecule has 0 N–H and O–H groups in total. The molecule has 0 radical (unpaired) electrons. The number of hydroxylamine groups is 2. The van der Waals surface area contributed by atoms with Crippen LogP contribution >= 0.6 is 0 Å². The van der Waals surface area contributed by atoms with Gasteiger partial charge in [0.1, 0.15) is 5.60 Å². The van der Waals surface area contributed by atoms with E-state index in [9.17, 15) is 24.0 Å². The first kappa shape index (κ1) is 22.1. The summed E-state index contributed by atoms with van der Waals surface area (Å²) in [5.74, 6) is -3.73. The molecule has 0 saturated carbocycles. The Kier molecular flexibility index (Phi) is 7.08. The van der Waals surface area contributed by atoms with Gasteiger partial charge in [0.2, 0.25) is 6.10 Å². The highest BCUT2D eigenvalue weighted by Crippen LogP contribution is 2.23. The van der Waals surface area contributed by atoms with E-state index >= 15 is 0 Å². The van der Waals surface area contributed by atoms with Crippen LogP contribution in [-0.2, 0) is 38.3 Å². The van der Waals surface area contributed by atoms with Crippen LogP contribution in [0.15, 0.2) is 30.3 Å². The standard InChI is InChI=1S/C20H23NO8/c1-20(2,3)28-19(26)18(13-7-5-4-6-8-13)27-16(24)11-12-17(25)29-21-14(22)9-10-15(21)23/h4-8,18H,9-12H2,1-3H3/t18-/m0/s1. The molecule has 1 heterocycles. The monoisotopic (exact) mass is 405 g/mol. The molecule has 0 aliphatic carbocycles. The first-order valence-corrected chi connectivity index (χ1v) is 9.10. The second kappa shape index (κ2) is 9.31. The highest BCUT2D eigenvalue weighted by Gasteiger charge is 2.33. The number of ether oxygens (including phenoxy) is 2. The van der Waals surface area contributed by atoms with Gasteiger partial charge >= 0.3 is 17.9 Å². The molecule has 0 unspecified atom stereocenters. The van der Waals surface area contributed by atoms with Crippen molar-refractivity contribution in [3.63, 3.8) is 0 Å². The van der Waals surface area contributed by atoms with E-state index in [4.69, 9.17) is 9.47 Å². The molecule has 1 aromatic carbocycles. The Morgan fingerprint density at radius 3 is 2.07 bits per heavy atom. The molecule has 0 bridgehead atoms. The van der Waals surface area contributed by atoms with Crippen molar-refractivity contribution in [3.05, 3.63) is 35.9 Å². The van der Waals surface area contributed by atoms with Crippen molar-refractivity contribution in [1.82, 2.24) is 5.06 Å². The molecule has 1 aliphatic heterocycles. The third-order valence-corrected chi connectivity index (χ3v) is 3.70. The van der Waals surface area contributed by atoms with Gasteiger partial charge in [-0.15, -0.1) is 5.06 Å². The minimum atomic E-state index is -1.29. The van der Waals surface area contributed by atoms with Crippen molar-refractivity contribution in [1.29, 1.82) is 0 Å². The summed E-state index contributed by atoms with van der Waals surface area (Å²) in [6.45, 7) is 5.06. The second-order valence-electron chi connectivity index (χ2n) is 7.36. The molecule has 29 heavy (non-hydrogen) atoms. The van der Waals surface area contributed by atoms with E-state index in [-0.39, 0.29) is 12.8 Å². The fraction of sp³-hybridized carbons (Fsp3) is 0.450. The number of esters is 2. The highest BCUT2D eigenvalue weighted by atomic mass is 16.7. The van der Waals surface area contributed by atoms with Gasteiger partial charge in [0.15, 0.2) is 0 Å². The number of benzene rings is 1. The smallest absolute Gasteiger partial charge is 0.352 e. The van der Waals surface area contributed by atoms with Crippen LogP contribution in [0.1, 0.15) is 58.1 Å². The number of imide groups is 1. The molecule has 1 atom stereocenters. The van der Waals surface area contributed by atoms with Gasteiger partial charge < -0.3 is 14.3 Å². The molecular weight excluding hydrogens is 382 g/mol. The molecule has 156 valence electrons. The van der Waals surface area contributed by atoms with Crippen LogP contribution in [0.5, 0.6) is 0 Å². The Morgan fingerprint density at radius 2 is 1.52 bits per heavy atom. The molecule has 0 aromatic heterocycles. The van der Waals surface area contributed by atoms with E-state index in [0.29, 0.717) is 10.6 Å². The van der Waals surface area contributed by atoms with Crippen molar-refractivity contribution >= 4 is 29.7 Å². The lowest BCUT2D eigenvalue weighted by molar-refractivity contribution is -0.198. The summed E-state index contributed by atoms with van der Waals surface area (Å²) in [6, 6.07) is 8.33. The molecule has 2 rings (SSSR count). The maximum absolute atomic E-state index is 12.5. The van der Waals surface area contributed by atoms with Crippen molar-refractivity contribution in [2.75, 3.05) is 0 Å². The molecule has 1 saturated heterocycles. The van der Waals surface area contributed by atoms with Crippen LogP contribution in [0.25, 0.3) is 0 Å². The fourth-order valence-corrected chi connectivity index (χ4v) is 2.44. The van der Waals surface area contributed by atoms with E-state index in [0.717, 1.165) is 0 Å². The minimum absolute atomic E-state index is 0.0250. The van der Waals surface area contributed by atoms with E-state index < -0.39 is 54.3 Å². The van der Waals surface area contributed by atoms with Crippen LogP contribution in [0.2, 0.25) is 0 Å². The van der Waals surface area contributed by atoms with Gasteiger partial charge in [-0.1, -0.05) is 30.3 Å². The number of carbonyl (C=O) groups is 5. The lowest BCUT2D eigenvalue weighted by Gasteiger charge is -2.24. The SMILES string of the molecule is CC(C)(C)OC(=O)[C@@H](OC(=O)CCC(=O)ON1C(=O)CCC1=O)c1ccccc1. The average Bonchev–Trinajstić information content (AvgIpc) is 2.95. The van der Waals surface area contributed by atoms with Crippen LogP contribution in [0.4, 0.5) is 0 Å². The van der Waals surface area contributed by atoms with Gasteiger partial charge in [0.25, 0.3) is 11.8 Å². The molecule has 9 heteroatoms. The topological polar surface area (TPSA) is 116 Å². The third kappa shape index (κ3) is 6.70. The van der Waals surface area contributed by atoms with E-state index in [1.807, 2.05) is 0 Å². The number of nitrogens with zero attached hydrogens (tertiary/aromatic N) is 1. The first-order chi connectivity index (χ1) is 13.6. The fourth-order valence-electron chi connectivity index (χ4n) is 2.44. The maximum Gasteiger partial charge on any atom is 0.352 e. The molecule has 9 nitrogen and oxygen atoms in total. The second-order valence-corrected chi connectivity index (χ2v) is 7.36. The number of amides is 2. The highest BCUT2D eigenvalue weighted by molar-refractivity contribution is 6.01. The van der Waals surface area contributed by atoms with E-state index in [2.05, 4.69) is 4.84 Å². The summed E-state index contributed by atoms with van der Waals surface area (Å²) in [4.78, 5) is 64.0. The summed E-state index contributed by atoms with van der Waals surface area (Å²) in [5, 5.41) is 0.404. The summed E-state index contributed by atoms with van der Waals surface area (Å²) >= 11 is 0. The Hall–Kier alpha value is -3.23. The number of hydrogen-bond acceptors (Lipinski definition) is 8. The Morgan fingerprint density at radius 1 is 0.966 bits per heavy atom. The zero-order valence-corrected chi connectivity index (χ0v) is 16.5. The van der Waals surface area contributed by atoms with Gasteiger partial charge in [0, 0.05) is 18.4 Å². The molecule has 0 spiro atoms. The largest absolute Gasteiger partial charge is 0.457 e. The van der Waals surface area contributed by atoms with Crippen LogP contribution in [-0.4, -0.2) is 40.4 Å². The van der Waals surface area contributed by atoms with Gasteiger partial charge in [-0.05, 0) is 20.8 Å². The predicted molar refractivity (Wildman–Crippen MR) is 97.5 cm³/mol. The quantitative estimate of drug-likeness (QED) is 0.499. The lowest BCUT2D eigenvalue weighted by atomic mass is 10.1. The Balaban J connectivity index is 1.95. The summed E-state index contributed by atoms with van der Waals surface area (Å²) in [7, 11) is 0. The Bertz CT molecular complexity index is 780. The minimum Gasteiger partial charge on any atom is -0.457 e. The number of carbonyl (C=O) groups excluding carboxylic acids is 5. The summed E-state index contributed by atoms with van der Waals surface area (Å²) in [5.41, 5.74) is -0.360. The molecule has 1 aliphatic rings. The summed E-state index contributed by atoms with van der Waals surface area (Å²) < 4.78 is 10.5. The predicted octanol–water partition coefficient (Wildman–Crippen LogP) is 2.00. The normalized spacial score (nSPS) is 15.1. The van der Waals surface area contributed by atoms with Crippen molar-refractivity contribution in [3.8, 4) is 0 Å². The lowest BCUT2D eigenvalue weighted by Crippen LogP contribution is -2.32. The maximum atomic E-state index is 12.5. The number of hydrogen-bond donors (Lipinski definition) is 0. The third-order valence-electron chi connectivity index (χ3n) is 3.70. The number of rotatable bonds is 7. The zero-order chi connectivity index (χ0) is 21.6. The van der Waals surface area contributed by atoms with Gasteiger partial charge in [0.05, 0.1) is 12.8 Å². The van der Waals surface area contributed by atoms with Crippen molar-refractivity contribution in [2.24, 2.45) is 0 Å². The van der Waals surface area contributed by atoms with E-state index in [1.54, 1.807) is 51.1 Å². The molecule has 2 amide bonds. The average molecular weight is 405 g/mol. The summed E-state index contributed by atoms with van der Waals surface area (Å²) in [6.07, 6.45) is -2.17. The molecular formula is C20H23NO8. The van der Waals surface area contributed by atoms with Crippen LogP contribution < -0.4 is 0 Å². The molecule has 1 fully saturated rings. The van der Waals surface area contributed by atoms with E-state index in [1.165, 1.54) is 0 Å². The Labute approximate surface area is 167 Å². The van der Waals surface area contributed by atoms with Crippen LogP contribution in [0.3, 0.4) is 0 Å². The van der Waals surface area contributed by atoms with Crippen molar-refractivity contribution in [2.45, 2.75) is 58.2 Å². The van der Waals surface area contributed by atoms with Gasteiger partial charge in [-0.25, -0.2) is 9.59 Å². The van der Waals surface area contributed by atoms with Gasteiger partial charge in [-0.3, -0.25) is 14.4 Å². The van der Waals surface area contributed by atoms with Crippen molar-refractivity contribution < 1.29 is 38.3 Å². The molecule has 1 aromatic rings. The first-order valence-electron chi connectivity index (χ1n) is 9.10. The van der Waals surface area contributed by atoms with Crippen LogP contribution in [0, 0.1) is 0 Å².